The Bertz CT molecular complexity index is 1160. The molecule has 0 spiro atoms. The van der Waals surface area contributed by atoms with Crippen LogP contribution in [0.25, 0.3) is 0 Å². The topological polar surface area (TPSA) is 49.3 Å². The molecule has 0 N–H and O–H groups in total. The molecule has 0 saturated carbocycles. The van der Waals surface area contributed by atoms with Gasteiger partial charge >= 0.3 is 56.4 Å². The van der Waals surface area contributed by atoms with Crippen LogP contribution < -0.4 is 45.5 Å². The second-order valence-corrected chi connectivity index (χ2v) is 13.5. The molecular formula is C29H33Au2Cl2N4OP2S+. The standard InChI is InChI=1S/C28H30N4P2.CH3OS.2Au.2ClH/c1-23-9-13-25(14-10-23)31-19-33(27-7-3-5-17-29-27)21-32(26-15-11-24(2)12-16-26)22-34(20-31)28-8-4-6-18-30-28;1-3-2;;;;/h3-18H,19-22H2,1-2H3;1H3;;;2*1H/q;3*+1;;/p-2. The molecule has 41 heavy (non-hydrogen) atoms. The predicted molar refractivity (Wildman–Crippen MR) is 162 cm³/mol. The summed E-state index contributed by atoms with van der Waals surface area (Å²) in [6.45, 7) is 4.30. The maximum atomic E-state index is 8.85. The average Bonchev–Trinajstić information content (AvgIpc) is 2.91. The van der Waals surface area contributed by atoms with Gasteiger partial charge in [0.05, 0.1) is 10.9 Å². The van der Waals surface area contributed by atoms with Crippen LogP contribution >= 0.6 is 15.8 Å². The van der Waals surface area contributed by atoms with E-state index in [2.05, 4.69) is 96.4 Å². The third kappa shape index (κ3) is 12.1. The van der Waals surface area contributed by atoms with E-state index >= 15 is 0 Å². The molecule has 12 heteroatoms. The Labute approximate surface area is 294 Å². The van der Waals surface area contributed by atoms with Crippen molar-refractivity contribution in [3.05, 3.63) is 108 Å². The summed E-state index contributed by atoms with van der Waals surface area (Å²) in [5, 5.41) is 0. The first-order valence-electron chi connectivity index (χ1n) is 12.2. The first kappa shape index (κ1) is 40.3. The van der Waals surface area contributed by atoms with E-state index in [9.17, 15) is 0 Å². The monoisotopic (exact) mass is 1010 g/mol. The zero-order valence-corrected chi connectivity index (χ0v) is 31.4. The summed E-state index contributed by atoms with van der Waals surface area (Å²) in [6, 6.07) is 30.6. The van der Waals surface area contributed by atoms with Crippen LogP contribution in [0.1, 0.15) is 11.1 Å². The zero-order chi connectivity index (χ0) is 26.0. The molecule has 0 amide bonds. The third-order valence-corrected chi connectivity index (χ3v) is 10.7. The van der Waals surface area contributed by atoms with Gasteiger partial charge in [-0.05, 0) is 78.2 Å². The molecule has 5 rings (SSSR count). The molecule has 0 unspecified atom stereocenters. The summed E-state index contributed by atoms with van der Waals surface area (Å²) >= 11 is 0.500. The number of aryl methyl sites for hydroxylation is 2. The van der Waals surface area contributed by atoms with E-state index in [0.717, 1.165) is 25.1 Å². The van der Waals surface area contributed by atoms with Crippen molar-refractivity contribution in [3.8, 4) is 0 Å². The van der Waals surface area contributed by atoms with Crippen molar-refractivity contribution in [1.82, 2.24) is 9.97 Å². The van der Waals surface area contributed by atoms with Gasteiger partial charge in [0.1, 0.15) is 0 Å². The van der Waals surface area contributed by atoms with E-state index in [1.165, 1.54) is 39.6 Å². The van der Waals surface area contributed by atoms with E-state index in [1.807, 2.05) is 24.5 Å². The van der Waals surface area contributed by atoms with E-state index in [0.29, 0.717) is 11.7 Å². The van der Waals surface area contributed by atoms with Crippen molar-refractivity contribution in [2.24, 2.45) is 0 Å². The molecule has 2 aromatic carbocycles. The number of halogens is 2. The minimum atomic E-state index is -0.509. The van der Waals surface area contributed by atoms with Crippen molar-refractivity contribution < 1.29 is 73.8 Å². The summed E-state index contributed by atoms with van der Waals surface area (Å²) in [4.78, 5) is 14.8. The van der Waals surface area contributed by atoms with Crippen LogP contribution in [0.15, 0.2) is 97.3 Å². The Morgan fingerprint density at radius 1 is 0.610 bits per heavy atom. The molecule has 0 radical (unpaired) electrons. The minimum Gasteiger partial charge on any atom is -1.00 e. The molecule has 1 aliphatic rings. The number of hydrogen-bond donors (Lipinski definition) is 0. The van der Waals surface area contributed by atoms with Crippen LogP contribution in [0.3, 0.4) is 0 Å². The summed E-state index contributed by atoms with van der Waals surface area (Å²) in [5.41, 5.74) is 7.61. The fraction of sp³-hybridized carbons (Fsp3) is 0.241. The largest absolute Gasteiger partial charge is 1.00 e. The molecule has 1 fully saturated rings. The molecular weight excluding hydrogens is 979 g/mol. The summed E-state index contributed by atoms with van der Waals surface area (Å²) < 4.78 is 8.85. The molecule has 2 aromatic heterocycles. The molecule has 5 nitrogen and oxygen atoms in total. The van der Waals surface area contributed by atoms with Gasteiger partial charge in [-0.3, -0.25) is 9.97 Å². The molecule has 4 aromatic rings. The molecule has 1 saturated heterocycles. The minimum absolute atomic E-state index is 0. The maximum Gasteiger partial charge on any atom is 1.00 e. The Hall–Kier alpha value is -0.719. The number of hydrogen-bond acceptors (Lipinski definition) is 5. The van der Waals surface area contributed by atoms with Gasteiger partial charge in [-0.25, -0.2) is 0 Å². The summed E-state index contributed by atoms with van der Waals surface area (Å²) in [5.74, 6) is 0. The molecule has 0 bridgehead atoms. The molecule has 226 valence electrons. The first-order valence-corrected chi connectivity index (χ1v) is 16.8. The third-order valence-electron chi connectivity index (χ3n) is 6.11. The molecule has 0 atom stereocenters. The normalized spacial score (nSPS) is 16.0. The van der Waals surface area contributed by atoms with Gasteiger partial charge in [0.25, 0.3) is 0 Å². The van der Waals surface area contributed by atoms with E-state index in [4.69, 9.17) is 14.2 Å². The number of anilines is 2. The first-order chi connectivity index (χ1) is 18.1. The molecule has 0 aliphatic carbocycles. The fourth-order valence-electron chi connectivity index (χ4n) is 4.21. The smallest absolute Gasteiger partial charge is 1.00 e. The number of rotatable bonds is 4. The van der Waals surface area contributed by atoms with Crippen LogP contribution in [0.2, 0.25) is 0 Å². The number of benzene rings is 2. The van der Waals surface area contributed by atoms with Crippen LogP contribution in [0.4, 0.5) is 11.4 Å². The predicted octanol–water partition coefficient (Wildman–Crippen LogP) is -0.0879. The van der Waals surface area contributed by atoms with Gasteiger partial charge in [0, 0.05) is 53.1 Å². The van der Waals surface area contributed by atoms with Crippen molar-refractivity contribution in [3.63, 3.8) is 0 Å². The van der Waals surface area contributed by atoms with E-state index in [-0.39, 0.29) is 69.6 Å². The van der Waals surface area contributed by atoms with Gasteiger partial charge in [-0.2, -0.15) is 0 Å². The van der Waals surface area contributed by atoms with Gasteiger partial charge in [0.2, 0.25) is 6.26 Å². The second-order valence-electron chi connectivity index (χ2n) is 8.94. The molecule has 1 aliphatic heterocycles. The van der Waals surface area contributed by atoms with Crippen LogP contribution in [-0.4, -0.2) is 41.4 Å². The van der Waals surface area contributed by atoms with Gasteiger partial charge in [-0.1, -0.05) is 47.5 Å². The van der Waals surface area contributed by atoms with Crippen LogP contribution in [0.5, 0.6) is 0 Å². The number of aromatic nitrogens is 2. The zero-order valence-electron chi connectivity index (χ0n) is 22.9. The van der Waals surface area contributed by atoms with Crippen LogP contribution in [0, 0.1) is 13.8 Å². The van der Waals surface area contributed by atoms with Crippen molar-refractivity contribution in [2.45, 2.75) is 13.8 Å². The van der Waals surface area contributed by atoms with Crippen LogP contribution in [-0.2, 0) is 60.6 Å². The Balaban J connectivity index is 0.00000219. The average molecular weight is 1010 g/mol. The van der Waals surface area contributed by atoms with Crippen molar-refractivity contribution >= 4 is 49.8 Å². The van der Waals surface area contributed by atoms with E-state index < -0.39 is 15.8 Å². The number of nitrogens with zero attached hydrogens (tertiary/aromatic N) is 4. The van der Waals surface area contributed by atoms with Gasteiger partial charge in [-0.15, -0.1) is 0 Å². The Morgan fingerprint density at radius 2 is 0.927 bits per heavy atom. The van der Waals surface area contributed by atoms with Crippen molar-refractivity contribution in [2.75, 3.05) is 41.2 Å². The molecule has 3 heterocycles. The fourth-order valence-corrected chi connectivity index (χ4v) is 9.04. The summed E-state index contributed by atoms with van der Waals surface area (Å²) in [6.07, 6.45) is 9.31. The Kier molecular flexibility index (Phi) is 20.7. The Morgan fingerprint density at radius 3 is 1.20 bits per heavy atom. The van der Waals surface area contributed by atoms with Gasteiger partial charge < -0.3 is 34.6 Å². The van der Waals surface area contributed by atoms with E-state index in [1.54, 1.807) is 0 Å². The SMILES string of the molecule is C[S+]=O.Cc1ccc(N2CP(c3ccccn3)CN(c3ccc(C)cc3)CP(c3ccccn3)C2)cc1.[Au+].[Au+].[Cl-].[Cl-]. The number of pyridine rings is 2. The maximum absolute atomic E-state index is 8.85. The van der Waals surface area contributed by atoms with Gasteiger partial charge in [0.15, 0.2) is 0 Å². The second kappa shape index (κ2) is 21.1. The van der Waals surface area contributed by atoms with Crippen molar-refractivity contribution in [1.29, 1.82) is 0 Å². The summed E-state index contributed by atoms with van der Waals surface area (Å²) in [7, 11) is -1.02. The quantitative estimate of drug-likeness (QED) is 0.163.